The number of nitrogens with one attached hydrogen (secondary N) is 2. The van der Waals surface area contributed by atoms with Gasteiger partial charge in [0, 0.05) is 0 Å². The van der Waals surface area contributed by atoms with Crippen molar-refractivity contribution in [1.82, 2.24) is 10.7 Å². The van der Waals surface area contributed by atoms with Gasteiger partial charge in [-0.2, -0.15) is 0 Å². The number of amides is 2. The van der Waals surface area contributed by atoms with Crippen molar-refractivity contribution in [3.8, 4) is 0 Å². The number of urea groups is 1. The summed E-state index contributed by atoms with van der Waals surface area (Å²) in [5, 5.41) is 0.704. The Bertz CT molecular complexity index is 301. The summed E-state index contributed by atoms with van der Waals surface area (Å²) in [4.78, 5) is 20.5. The lowest BCUT2D eigenvalue weighted by Crippen LogP contribution is -2.41. The summed E-state index contributed by atoms with van der Waals surface area (Å²) in [7, 11) is 2.65. The van der Waals surface area contributed by atoms with E-state index in [-0.39, 0.29) is 0 Å². The predicted molar refractivity (Wildman–Crippen MR) is 54.5 cm³/mol. The molecule has 0 saturated heterocycles. The molecule has 0 unspecified atom stereocenters. The van der Waals surface area contributed by atoms with Crippen LogP contribution in [-0.2, 0) is 9.68 Å². The molecule has 0 saturated carbocycles. The topological polar surface area (TPSA) is 62.8 Å². The van der Waals surface area contributed by atoms with Crippen molar-refractivity contribution in [3.05, 3.63) is 30.3 Å². The number of benzene rings is 1. The molecule has 0 aromatic heterocycles. The lowest BCUT2D eigenvalue weighted by molar-refractivity contribution is -0.298. The molecule has 0 bridgehead atoms. The van der Waals surface area contributed by atoms with E-state index in [1.165, 1.54) is 14.2 Å². The first kappa shape index (κ1) is 11.3. The molecular weight excluding hydrogens is 198 g/mol. The molecule has 0 atom stereocenters. The molecule has 6 heteroatoms. The fourth-order valence-electron chi connectivity index (χ4n) is 0.933. The summed E-state index contributed by atoms with van der Waals surface area (Å²) >= 11 is 0. The molecule has 82 valence electrons. The van der Waals surface area contributed by atoms with Gasteiger partial charge in [-0.3, -0.25) is 5.43 Å². The Kier molecular flexibility index (Phi) is 4.39. The number of hydrogen-bond donors (Lipinski definition) is 2. The number of carbonyl (C=O) groups is 1. The summed E-state index contributed by atoms with van der Waals surface area (Å²) in [6.07, 6.45) is 0. The number of anilines is 1. The number of nitrogens with zero attached hydrogens (tertiary/aromatic N) is 1. The third-order valence-electron chi connectivity index (χ3n) is 1.59. The molecular formula is C9H13N3O3. The van der Waals surface area contributed by atoms with E-state index in [4.69, 9.17) is 0 Å². The van der Waals surface area contributed by atoms with Crippen molar-refractivity contribution in [2.75, 3.05) is 19.6 Å². The van der Waals surface area contributed by atoms with Gasteiger partial charge in [-0.25, -0.2) is 19.9 Å². The van der Waals surface area contributed by atoms with Gasteiger partial charge in [-0.15, -0.1) is 0 Å². The third-order valence-corrected chi connectivity index (χ3v) is 1.59. The zero-order chi connectivity index (χ0) is 11.1. The van der Waals surface area contributed by atoms with Gasteiger partial charge >= 0.3 is 6.03 Å². The highest BCUT2D eigenvalue weighted by molar-refractivity contribution is 5.73. The van der Waals surface area contributed by atoms with Gasteiger partial charge in [0.1, 0.15) is 0 Å². The minimum atomic E-state index is -0.552. The zero-order valence-electron chi connectivity index (χ0n) is 8.56. The predicted octanol–water partition coefficient (Wildman–Crippen LogP) is 1.15. The average molecular weight is 211 g/mol. The van der Waals surface area contributed by atoms with Crippen LogP contribution in [0.2, 0.25) is 0 Å². The third kappa shape index (κ3) is 3.45. The largest absolute Gasteiger partial charge is 0.385 e. The van der Waals surface area contributed by atoms with Gasteiger partial charge in [0.15, 0.2) is 0 Å². The summed E-state index contributed by atoms with van der Waals surface area (Å²) in [5.74, 6) is 0. The Balaban J connectivity index is 2.40. The molecule has 0 aliphatic heterocycles. The average Bonchev–Trinajstić information content (AvgIpc) is 2.29. The maximum Gasteiger partial charge on any atom is 0.385 e. The fourth-order valence-corrected chi connectivity index (χ4v) is 0.933. The molecule has 6 nitrogen and oxygen atoms in total. The van der Waals surface area contributed by atoms with Crippen LogP contribution in [-0.4, -0.2) is 25.5 Å². The smallest absolute Gasteiger partial charge is 0.297 e. The van der Waals surface area contributed by atoms with Crippen molar-refractivity contribution in [2.45, 2.75) is 0 Å². The molecule has 0 fully saturated rings. The van der Waals surface area contributed by atoms with Gasteiger partial charge in [0.25, 0.3) is 0 Å². The summed E-state index contributed by atoms with van der Waals surface area (Å²) in [6, 6.07) is 8.64. The number of hydrogen-bond acceptors (Lipinski definition) is 4. The van der Waals surface area contributed by atoms with Crippen LogP contribution >= 0.6 is 0 Å². The van der Waals surface area contributed by atoms with Gasteiger partial charge in [-0.1, -0.05) is 23.4 Å². The Morgan fingerprint density at radius 1 is 1.20 bits per heavy atom. The van der Waals surface area contributed by atoms with Gasteiger partial charge < -0.3 is 0 Å². The van der Waals surface area contributed by atoms with E-state index in [9.17, 15) is 4.79 Å². The standard InChI is InChI=1S/C9H13N3O3/c1-14-12(15-2)9(13)11-10-8-6-4-3-5-7-8/h3-7,10H,1-2H3,(H,11,13). The highest BCUT2D eigenvalue weighted by atomic mass is 16.9. The summed E-state index contributed by atoms with van der Waals surface area (Å²) in [6.45, 7) is 0. The molecule has 1 rings (SSSR count). The van der Waals surface area contributed by atoms with Crippen molar-refractivity contribution in [2.24, 2.45) is 0 Å². The minimum Gasteiger partial charge on any atom is -0.297 e. The van der Waals surface area contributed by atoms with E-state index in [2.05, 4.69) is 20.5 Å². The minimum absolute atomic E-state index is 0.552. The second-order valence-corrected chi connectivity index (χ2v) is 2.54. The summed E-state index contributed by atoms with van der Waals surface area (Å²) < 4.78 is 0. The van der Waals surface area contributed by atoms with Crippen LogP contribution in [0, 0.1) is 0 Å². The fraction of sp³-hybridized carbons (Fsp3) is 0.222. The van der Waals surface area contributed by atoms with Gasteiger partial charge in [0.2, 0.25) is 0 Å². The second-order valence-electron chi connectivity index (χ2n) is 2.54. The molecule has 2 N–H and O–H groups in total. The first-order valence-electron chi connectivity index (χ1n) is 4.27. The Hall–Kier alpha value is -1.79. The van der Waals surface area contributed by atoms with Crippen molar-refractivity contribution < 1.29 is 14.5 Å². The lowest BCUT2D eigenvalue weighted by atomic mass is 10.3. The van der Waals surface area contributed by atoms with Gasteiger partial charge in [0.05, 0.1) is 19.9 Å². The Labute approximate surface area is 87.7 Å². The van der Waals surface area contributed by atoms with E-state index < -0.39 is 6.03 Å². The number of rotatable bonds is 4. The molecule has 1 aromatic rings. The van der Waals surface area contributed by atoms with E-state index >= 15 is 0 Å². The maximum atomic E-state index is 11.3. The number of carbonyl (C=O) groups excluding carboxylic acids is 1. The normalized spacial score (nSPS) is 9.47. The maximum absolute atomic E-state index is 11.3. The SMILES string of the molecule is CON(OC)C(=O)NNc1ccccc1. The molecule has 15 heavy (non-hydrogen) atoms. The molecule has 0 aliphatic carbocycles. The molecule has 2 amide bonds. The first-order valence-corrected chi connectivity index (χ1v) is 4.27. The van der Waals surface area contributed by atoms with Crippen LogP contribution in [0.3, 0.4) is 0 Å². The van der Waals surface area contributed by atoms with Crippen LogP contribution in [0.25, 0.3) is 0 Å². The molecule has 0 aliphatic rings. The van der Waals surface area contributed by atoms with E-state index in [0.29, 0.717) is 5.23 Å². The number of hydroxylamine groups is 2. The Morgan fingerprint density at radius 2 is 1.80 bits per heavy atom. The Morgan fingerprint density at radius 3 is 2.33 bits per heavy atom. The molecule has 1 aromatic carbocycles. The van der Waals surface area contributed by atoms with Crippen LogP contribution in [0.15, 0.2) is 30.3 Å². The van der Waals surface area contributed by atoms with Crippen molar-refractivity contribution in [3.63, 3.8) is 0 Å². The van der Waals surface area contributed by atoms with Crippen molar-refractivity contribution in [1.29, 1.82) is 0 Å². The lowest BCUT2D eigenvalue weighted by Gasteiger charge is -2.17. The van der Waals surface area contributed by atoms with E-state index in [0.717, 1.165) is 5.69 Å². The van der Waals surface area contributed by atoms with Crippen LogP contribution in [0.4, 0.5) is 10.5 Å². The number of hydrazine groups is 1. The van der Waals surface area contributed by atoms with Crippen molar-refractivity contribution >= 4 is 11.7 Å². The highest BCUT2D eigenvalue weighted by Crippen LogP contribution is 2.02. The van der Waals surface area contributed by atoms with E-state index in [1.54, 1.807) is 0 Å². The zero-order valence-corrected chi connectivity index (χ0v) is 8.56. The quantitative estimate of drug-likeness (QED) is 0.733. The monoisotopic (exact) mass is 211 g/mol. The van der Waals surface area contributed by atoms with Crippen LogP contribution in [0.5, 0.6) is 0 Å². The second kappa shape index (κ2) is 5.84. The molecule has 0 radical (unpaired) electrons. The van der Waals surface area contributed by atoms with Crippen LogP contribution in [0.1, 0.15) is 0 Å². The summed E-state index contributed by atoms with van der Waals surface area (Å²) in [5.41, 5.74) is 5.84. The molecule has 0 heterocycles. The highest BCUT2D eigenvalue weighted by Gasteiger charge is 2.11. The first-order chi connectivity index (χ1) is 7.27. The molecule has 0 spiro atoms. The van der Waals surface area contributed by atoms with E-state index in [1.807, 2.05) is 30.3 Å². The van der Waals surface area contributed by atoms with Gasteiger partial charge in [-0.05, 0) is 12.1 Å². The number of para-hydroxylation sites is 1. The van der Waals surface area contributed by atoms with Crippen LogP contribution < -0.4 is 10.9 Å².